The molecule has 3 rings (SSSR count). The van der Waals surface area contributed by atoms with Crippen LogP contribution in [0.5, 0.6) is 0 Å². The van der Waals surface area contributed by atoms with E-state index in [2.05, 4.69) is 5.32 Å². The Balaban J connectivity index is 1.75. The largest absolute Gasteiger partial charge is 0.462 e. The van der Waals surface area contributed by atoms with Gasteiger partial charge in [0, 0.05) is 12.2 Å². The molecule has 0 spiro atoms. The van der Waals surface area contributed by atoms with Crippen molar-refractivity contribution in [3.8, 4) is 0 Å². The van der Waals surface area contributed by atoms with Crippen LogP contribution >= 0.6 is 22.9 Å². The number of ether oxygens (including phenoxy) is 1. The predicted molar refractivity (Wildman–Crippen MR) is 112 cm³/mol. The number of piperidine rings is 1. The highest BCUT2D eigenvalue weighted by atomic mass is 35.5. The molecule has 1 fully saturated rings. The van der Waals surface area contributed by atoms with E-state index in [4.69, 9.17) is 16.3 Å². The fraction of sp³-hybridized carbons (Fsp3) is 0.368. The summed E-state index contributed by atoms with van der Waals surface area (Å²) in [4.78, 5) is 24.6. The third kappa shape index (κ3) is 4.98. The summed E-state index contributed by atoms with van der Waals surface area (Å²) in [5, 5.41) is 2.75. The number of amides is 1. The number of carbonyl (C=O) groups is 2. The van der Waals surface area contributed by atoms with Crippen molar-refractivity contribution in [3.05, 3.63) is 46.3 Å². The van der Waals surface area contributed by atoms with Gasteiger partial charge in [0.2, 0.25) is 5.91 Å². The average molecular weight is 457 g/mol. The number of halogens is 1. The van der Waals surface area contributed by atoms with Gasteiger partial charge in [0.15, 0.2) is 0 Å². The zero-order valence-corrected chi connectivity index (χ0v) is 18.1. The van der Waals surface area contributed by atoms with Crippen molar-refractivity contribution < 1.29 is 22.7 Å². The summed E-state index contributed by atoms with van der Waals surface area (Å²) < 4.78 is 32.7. The van der Waals surface area contributed by atoms with Crippen molar-refractivity contribution in [2.45, 2.75) is 36.4 Å². The van der Waals surface area contributed by atoms with Crippen LogP contribution in [0.4, 0.5) is 5.69 Å². The molecule has 7 nitrogen and oxygen atoms in total. The number of sulfonamides is 1. The Morgan fingerprint density at radius 3 is 2.55 bits per heavy atom. The summed E-state index contributed by atoms with van der Waals surface area (Å²) in [7, 11) is -3.81. The third-order valence-corrected chi connectivity index (χ3v) is 8.14. The van der Waals surface area contributed by atoms with Crippen LogP contribution in [0, 0.1) is 0 Å². The van der Waals surface area contributed by atoms with Crippen molar-refractivity contribution in [3.63, 3.8) is 0 Å². The quantitative estimate of drug-likeness (QED) is 0.668. The molecular weight excluding hydrogens is 436 g/mol. The number of carbonyl (C=O) groups excluding carboxylic acids is 2. The van der Waals surface area contributed by atoms with Crippen molar-refractivity contribution in [1.29, 1.82) is 0 Å². The molecule has 1 N–H and O–H groups in total. The zero-order valence-electron chi connectivity index (χ0n) is 15.8. The number of hydrogen-bond acceptors (Lipinski definition) is 6. The molecular formula is C19H21ClN2O5S2. The first-order chi connectivity index (χ1) is 13.8. The number of nitrogens with zero attached hydrogens (tertiary/aromatic N) is 1. The smallest absolute Gasteiger partial charge is 0.338 e. The molecule has 1 aromatic carbocycles. The summed E-state index contributed by atoms with van der Waals surface area (Å²) in [6.07, 6.45) is 1.89. The molecule has 1 unspecified atom stereocenters. The number of hydrogen-bond donors (Lipinski definition) is 1. The van der Waals surface area contributed by atoms with Crippen LogP contribution in [0.1, 0.15) is 36.5 Å². The monoisotopic (exact) mass is 456 g/mol. The summed E-state index contributed by atoms with van der Waals surface area (Å²) in [6, 6.07) is 8.46. The maximum Gasteiger partial charge on any atom is 0.338 e. The van der Waals surface area contributed by atoms with Gasteiger partial charge in [0.1, 0.15) is 10.3 Å². The fourth-order valence-electron chi connectivity index (χ4n) is 3.14. The van der Waals surface area contributed by atoms with Crippen LogP contribution in [0.25, 0.3) is 0 Å². The summed E-state index contributed by atoms with van der Waals surface area (Å²) >= 11 is 6.86. The highest BCUT2D eigenvalue weighted by Gasteiger charge is 2.38. The van der Waals surface area contributed by atoms with Gasteiger partial charge in [0.25, 0.3) is 10.0 Å². The van der Waals surface area contributed by atoms with E-state index < -0.39 is 27.9 Å². The lowest BCUT2D eigenvalue weighted by atomic mass is 10.0. The second-order valence-electron chi connectivity index (χ2n) is 6.47. The van der Waals surface area contributed by atoms with Gasteiger partial charge in [-0.2, -0.15) is 4.31 Å². The average Bonchev–Trinajstić information content (AvgIpc) is 3.16. The van der Waals surface area contributed by atoms with E-state index in [0.29, 0.717) is 28.4 Å². The summed E-state index contributed by atoms with van der Waals surface area (Å²) in [6.45, 7) is 2.27. The van der Waals surface area contributed by atoms with E-state index in [1.54, 1.807) is 31.2 Å². The summed E-state index contributed by atoms with van der Waals surface area (Å²) in [5.74, 6) is -0.843. The Bertz CT molecular complexity index is 988. The molecule has 2 heterocycles. The number of thiophene rings is 1. The molecule has 0 aliphatic carbocycles. The molecule has 1 aromatic heterocycles. The maximum absolute atomic E-state index is 13.0. The first-order valence-electron chi connectivity index (χ1n) is 9.18. The minimum absolute atomic E-state index is 0.126. The van der Waals surface area contributed by atoms with Crippen molar-refractivity contribution >= 4 is 50.5 Å². The molecule has 10 heteroatoms. The number of esters is 1. The van der Waals surface area contributed by atoms with E-state index in [0.717, 1.165) is 17.8 Å². The lowest BCUT2D eigenvalue weighted by Crippen LogP contribution is -2.49. The van der Waals surface area contributed by atoms with Crippen LogP contribution in [0.15, 0.2) is 40.6 Å². The zero-order chi connectivity index (χ0) is 21.0. The predicted octanol–water partition coefficient (Wildman–Crippen LogP) is 3.76. The van der Waals surface area contributed by atoms with E-state index in [9.17, 15) is 18.0 Å². The second-order valence-corrected chi connectivity index (χ2v) is 10.3. The third-order valence-electron chi connectivity index (χ3n) is 4.53. The molecule has 0 radical (unpaired) electrons. The molecule has 1 aliphatic rings. The molecule has 1 atom stereocenters. The molecule has 29 heavy (non-hydrogen) atoms. The first-order valence-corrected chi connectivity index (χ1v) is 11.8. The number of benzene rings is 1. The molecule has 1 saturated heterocycles. The Morgan fingerprint density at radius 2 is 1.93 bits per heavy atom. The molecule has 0 bridgehead atoms. The minimum Gasteiger partial charge on any atom is -0.462 e. The molecule has 156 valence electrons. The molecule has 2 aromatic rings. The summed E-state index contributed by atoms with van der Waals surface area (Å²) in [5.41, 5.74) is 0.853. The van der Waals surface area contributed by atoms with Crippen LogP contribution in [0.3, 0.4) is 0 Å². The van der Waals surface area contributed by atoms with E-state index in [1.165, 1.54) is 16.4 Å². The van der Waals surface area contributed by atoms with E-state index >= 15 is 0 Å². The Morgan fingerprint density at radius 1 is 1.21 bits per heavy atom. The van der Waals surface area contributed by atoms with Gasteiger partial charge in [-0.1, -0.05) is 18.0 Å². The van der Waals surface area contributed by atoms with Gasteiger partial charge < -0.3 is 10.1 Å². The standard InChI is InChI=1S/C19H21ClN2O5S2/c1-2-27-19(24)13-6-8-14(9-7-13)21-18(23)15-5-3-4-12-22(15)29(25,26)17-11-10-16(20)28-17/h6-11,15H,2-5,12H2,1H3,(H,21,23). The minimum atomic E-state index is -3.81. The van der Waals surface area contributed by atoms with Crippen LogP contribution in [0.2, 0.25) is 4.34 Å². The Kier molecular flexibility index (Phi) is 6.94. The van der Waals surface area contributed by atoms with Gasteiger partial charge >= 0.3 is 5.97 Å². The van der Waals surface area contributed by atoms with E-state index in [1.807, 2.05) is 0 Å². The number of anilines is 1. The maximum atomic E-state index is 13.0. The van der Waals surface area contributed by atoms with Crippen LogP contribution in [-0.2, 0) is 19.6 Å². The van der Waals surface area contributed by atoms with Gasteiger partial charge in [0.05, 0.1) is 16.5 Å². The van der Waals surface area contributed by atoms with Crippen molar-refractivity contribution in [1.82, 2.24) is 4.31 Å². The number of rotatable bonds is 6. The lowest BCUT2D eigenvalue weighted by molar-refractivity contribution is -0.120. The highest BCUT2D eigenvalue weighted by Crippen LogP contribution is 2.32. The Labute approximate surface area is 178 Å². The van der Waals surface area contributed by atoms with Crippen LogP contribution < -0.4 is 5.32 Å². The Hall–Kier alpha value is -1.94. The SMILES string of the molecule is CCOC(=O)c1ccc(NC(=O)C2CCCCN2S(=O)(=O)c2ccc(Cl)s2)cc1. The normalized spacial score (nSPS) is 17.7. The molecule has 1 amide bonds. The fourth-order valence-corrected chi connectivity index (χ4v) is 6.40. The van der Waals surface area contributed by atoms with Crippen molar-refractivity contribution in [2.24, 2.45) is 0 Å². The molecule has 0 saturated carbocycles. The van der Waals surface area contributed by atoms with Gasteiger partial charge in [-0.3, -0.25) is 4.79 Å². The molecule has 1 aliphatic heterocycles. The van der Waals surface area contributed by atoms with Crippen molar-refractivity contribution in [2.75, 3.05) is 18.5 Å². The van der Waals surface area contributed by atoms with Gasteiger partial charge in [-0.05, 0) is 56.2 Å². The first kappa shape index (κ1) is 21.8. The lowest BCUT2D eigenvalue weighted by Gasteiger charge is -2.33. The van der Waals surface area contributed by atoms with E-state index in [-0.39, 0.29) is 17.4 Å². The highest BCUT2D eigenvalue weighted by molar-refractivity contribution is 7.91. The second kappa shape index (κ2) is 9.25. The van der Waals surface area contributed by atoms with Gasteiger partial charge in [-0.25, -0.2) is 13.2 Å². The topological polar surface area (TPSA) is 92.8 Å². The number of nitrogens with one attached hydrogen (secondary N) is 1. The van der Waals surface area contributed by atoms with Gasteiger partial charge in [-0.15, -0.1) is 11.3 Å². The van der Waals surface area contributed by atoms with Crippen LogP contribution in [-0.4, -0.2) is 43.8 Å².